The summed E-state index contributed by atoms with van der Waals surface area (Å²) in [6.07, 6.45) is 3.51. The molecule has 0 aliphatic heterocycles. The number of allylic oxidation sites excluding steroid dienone is 4. The highest BCUT2D eigenvalue weighted by Crippen LogP contribution is 2.66. The Balaban J connectivity index is 0.000000269. The van der Waals surface area contributed by atoms with Gasteiger partial charge in [-0.3, -0.25) is 0 Å². The van der Waals surface area contributed by atoms with Crippen molar-refractivity contribution in [3.8, 4) is 0 Å². The van der Waals surface area contributed by atoms with Gasteiger partial charge in [0.25, 0.3) is 0 Å². The topological polar surface area (TPSA) is 0 Å². The van der Waals surface area contributed by atoms with E-state index < -0.39 is 27.5 Å². The van der Waals surface area contributed by atoms with Crippen molar-refractivity contribution in [2.75, 3.05) is 6.26 Å². The Morgan fingerprint density at radius 2 is 1.73 bits per heavy atom. The minimum Gasteiger partial charge on any atom is -0.241 e. The smallest absolute Gasteiger partial charge is 0.136 e. The van der Waals surface area contributed by atoms with Gasteiger partial charge in [0.2, 0.25) is 0 Å². The fourth-order valence-corrected chi connectivity index (χ4v) is 6.53. The molecule has 0 fully saturated rings. The van der Waals surface area contributed by atoms with Crippen molar-refractivity contribution in [3.05, 3.63) is 87.9 Å². The third-order valence-corrected chi connectivity index (χ3v) is 9.43. The van der Waals surface area contributed by atoms with Crippen molar-refractivity contribution in [1.82, 2.24) is 0 Å². The van der Waals surface area contributed by atoms with E-state index in [-0.39, 0.29) is 12.2 Å². The normalized spacial score (nSPS) is 20.1. The Hall–Kier alpha value is -2.01. The van der Waals surface area contributed by atoms with E-state index in [0.29, 0.717) is 4.91 Å². The van der Waals surface area contributed by atoms with E-state index in [4.69, 9.17) is 0 Å². The largest absolute Gasteiger partial charge is 0.241 e. The maximum Gasteiger partial charge on any atom is 0.136 e. The molecule has 0 saturated heterocycles. The second-order valence-corrected chi connectivity index (χ2v) is 11.1. The molecule has 0 saturated carbocycles. The summed E-state index contributed by atoms with van der Waals surface area (Å²) in [6, 6.07) is 12.8. The van der Waals surface area contributed by atoms with Gasteiger partial charge in [-0.1, -0.05) is 37.3 Å². The van der Waals surface area contributed by atoms with Crippen LogP contribution < -0.4 is 0 Å². The first-order chi connectivity index (χ1) is 14.1. The minimum absolute atomic E-state index is 0.0810. The molecule has 164 valence electrons. The van der Waals surface area contributed by atoms with E-state index in [1.807, 2.05) is 57.2 Å². The molecule has 5 heteroatoms. The van der Waals surface area contributed by atoms with Crippen molar-refractivity contribution in [3.63, 3.8) is 0 Å². The molecule has 2 aromatic carbocycles. The molecule has 0 radical (unpaired) electrons. The lowest BCUT2D eigenvalue weighted by Gasteiger charge is -2.43. The Kier molecular flexibility index (Phi) is 8.36. The van der Waals surface area contributed by atoms with Crippen molar-refractivity contribution < 1.29 is 17.6 Å². The zero-order valence-corrected chi connectivity index (χ0v) is 19.0. The van der Waals surface area contributed by atoms with Gasteiger partial charge in [0.15, 0.2) is 0 Å². The van der Waals surface area contributed by atoms with Crippen LogP contribution in [-0.4, -0.2) is 17.9 Å². The van der Waals surface area contributed by atoms with Crippen LogP contribution >= 0.6 is 10.0 Å². The molecule has 0 N–H and O–H groups in total. The van der Waals surface area contributed by atoms with Gasteiger partial charge in [-0.2, -0.15) is 10.0 Å². The second-order valence-electron chi connectivity index (χ2n) is 7.59. The van der Waals surface area contributed by atoms with Crippen LogP contribution in [0.2, 0.25) is 0 Å². The van der Waals surface area contributed by atoms with Gasteiger partial charge < -0.3 is 0 Å². The zero-order chi connectivity index (χ0) is 22.5. The van der Waals surface area contributed by atoms with E-state index in [0.717, 1.165) is 28.0 Å². The first kappa shape index (κ1) is 24.3. The standard InChI is InChI=1S/C16H19F3S.C9H11F/c1-11-6-4-5-7-15(11)20(3,12(2)17)16-9-8-13(18)10-14(16)19;1-3-8-5-4-7(2)6-9(8)10/h4-9,12,14H,10H2,1-3H3;4-6H,3H2,1-2H3. The van der Waals surface area contributed by atoms with E-state index in [1.165, 1.54) is 19.1 Å². The van der Waals surface area contributed by atoms with Gasteiger partial charge in [-0.05, 0) is 79.3 Å². The highest BCUT2D eigenvalue weighted by molar-refractivity contribution is 8.36. The number of alkyl halides is 2. The average Bonchev–Trinajstić information content (AvgIpc) is 2.68. The molecule has 3 rings (SSSR count). The predicted octanol–water partition coefficient (Wildman–Crippen LogP) is 8.28. The predicted molar refractivity (Wildman–Crippen MR) is 121 cm³/mol. The molecule has 3 atom stereocenters. The number of hydrogen-bond donors (Lipinski definition) is 0. The van der Waals surface area contributed by atoms with Gasteiger partial charge >= 0.3 is 0 Å². The molecule has 30 heavy (non-hydrogen) atoms. The molecule has 0 bridgehead atoms. The Morgan fingerprint density at radius 3 is 2.27 bits per heavy atom. The highest BCUT2D eigenvalue weighted by Gasteiger charge is 2.38. The molecule has 0 nitrogen and oxygen atoms in total. The summed E-state index contributed by atoms with van der Waals surface area (Å²) in [5.41, 5.74) is 1.53. The van der Waals surface area contributed by atoms with Gasteiger partial charge in [-0.25, -0.2) is 17.6 Å². The van der Waals surface area contributed by atoms with Crippen LogP contribution in [0.5, 0.6) is 0 Å². The Labute approximate surface area is 179 Å². The van der Waals surface area contributed by atoms with Gasteiger partial charge in [0.1, 0.15) is 23.3 Å². The average molecular weight is 439 g/mol. The lowest BCUT2D eigenvalue weighted by atomic mass is 10.1. The summed E-state index contributed by atoms with van der Waals surface area (Å²) in [7, 11) is -2.13. The van der Waals surface area contributed by atoms with Crippen molar-refractivity contribution >= 4 is 10.0 Å². The molecule has 1 aliphatic rings. The SMILES string of the molecule is CCc1ccc(C)cc1F.Cc1ccccc1S(C)(C1=CC=C(F)CC1F)C(C)F. The fraction of sp³-hybridized carbons (Fsp3) is 0.360. The van der Waals surface area contributed by atoms with E-state index in [1.54, 1.807) is 12.3 Å². The van der Waals surface area contributed by atoms with Crippen LogP contribution in [0.15, 0.2) is 70.2 Å². The third-order valence-electron chi connectivity index (χ3n) is 5.39. The first-order valence-corrected chi connectivity index (χ1v) is 12.1. The van der Waals surface area contributed by atoms with Gasteiger partial charge in [0.05, 0.1) is 0 Å². The maximum atomic E-state index is 14.4. The molecule has 0 amide bonds. The number of rotatable bonds is 4. The van der Waals surface area contributed by atoms with E-state index >= 15 is 0 Å². The minimum atomic E-state index is -2.13. The lowest BCUT2D eigenvalue weighted by molar-refractivity contribution is 0.362. The molecule has 1 aliphatic carbocycles. The second kappa shape index (κ2) is 10.3. The molecular weight excluding hydrogens is 408 g/mol. The van der Waals surface area contributed by atoms with Crippen LogP contribution in [-0.2, 0) is 6.42 Å². The Bertz CT molecular complexity index is 932. The third kappa shape index (κ3) is 5.37. The van der Waals surface area contributed by atoms with Gasteiger partial charge in [0, 0.05) is 11.3 Å². The van der Waals surface area contributed by atoms with E-state index in [9.17, 15) is 17.6 Å². The molecule has 0 aromatic heterocycles. The Morgan fingerprint density at radius 1 is 1.07 bits per heavy atom. The highest BCUT2D eigenvalue weighted by atomic mass is 32.3. The fourth-order valence-electron chi connectivity index (χ4n) is 3.48. The van der Waals surface area contributed by atoms with Crippen LogP contribution in [0.3, 0.4) is 0 Å². The van der Waals surface area contributed by atoms with Gasteiger partial charge in [-0.15, -0.1) is 0 Å². The number of aryl methyl sites for hydroxylation is 3. The van der Waals surface area contributed by atoms with Crippen LogP contribution in [0, 0.1) is 19.7 Å². The van der Waals surface area contributed by atoms with Crippen molar-refractivity contribution in [2.45, 2.75) is 57.1 Å². The summed E-state index contributed by atoms with van der Waals surface area (Å²) < 4.78 is 54.7. The molecule has 0 heterocycles. The quantitative estimate of drug-likeness (QED) is 0.421. The summed E-state index contributed by atoms with van der Waals surface area (Å²) in [6.45, 7) is 7.20. The van der Waals surface area contributed by atoms with E-state index in [2.05, 4.69) is 0 Å². The summed E-state index contributed by atoms with van der Waals surface area (Å²) >= 11 is 0. The van der Waals surface area contributed by atoms with Crippen molar-refractivity contribution in [2.24, 2.45) is 0 Å². The summed E-state index contributed by atoms with van der Waals surface area (Å²) in [4.78, 5) is 1.22. The summed E-state index contributed by atoms with van der Waals surface area (Å²) in [5.74, 6) is -0.568. The van der Waals surface area contributed by atoms with Crippen molar-refractivity contribution in [1.29, 1.82) is 0 Å². The molecular formula is C25H30F4S. The monoisotopic (exact) mass is 438 g/mol. The zero-order valence-electron chi connectivity index (χ0n) is 18.2. The molecule has 2 aromatic rings. The molecule has 3 unspecified atom stereocenters. The maximum absolute atomic E-state index is 14.4. The molecule has 0 spiro atoms. The number of halogens is 4. The number of benzene rings is 2. The number of hydrogen-bond acceptors (Lipinski definition) is 0. The van der Waals surface area contributed by atoms with Crippen LogP contribution in [0.4, 0.5) is 17.6 Å². The lowest BCUT2D eigenvalue weighted by Crippen LogP contribution is -2.21. The summed E-state index contributed by atoms with van der Waals surface area (Å²) in [5, 5.41) is 0. The first-order valence-electron chi connectivity index (χ1n) is 10.0. The van der Waals surface area contributed by atoms with Crippen LogP contribution in [0.1, 0.15) is 37.0 Å². The van der Waals surface area contributed by atoms with Crippen LogP contribution in [0.25, 0.3) is 0 Å².